The highest BCUT2D eigenvalue weighted by molar-refractivity contribution is 6.30. The minimum absolute atomic E-state index is 0.519. The summed E-state index contributed by atoms with van der Waals surface area (Å²) >= 11 is 5.77. The van der Waals surface area contributed by atoms with Crippen LogP contribution in [0.4, 0.5) is 5.82 Å². The van der Waals surface area contributed by atoms with Crippen molar-refractivity contribution in [1.82, 2.24) is 9.97 Å². The number of rotatable bonds is 1. The van der Waals surface area contributed by atoms with Gasteiger partial charge in [0.15, 0.2) is 0 Å². The summed E-state index contributed by atoms with van der Waals surface area (Å²) in [7, 11) is 0. The third kappa shape index (κ3) is 2.07. The molecule has 2 heterocycles. The molecule has 0 bridgehead atoms. The average molecular weight is 220 g/mol. The summed E-state index contributed by atoms with van der Waals surface area (Å²) in [5.74, 6) is 0.519. The molecule has 0 aromatic carbocycles. The van der Waals surface area contributed by atoms with Crippen molar-refractivity contribution in [2.45, 2.75) is 6.92 Å². The molecule has 0 unspecified atom stereocenters. The van der Waals surface area contributed by atoms with Gasteiger partial charge in [-0.3, -0.25) is 4.98 Å². The zero-order chi connectivity index (χ0) is 10.8. The van der Waals surface area contributed by atoms with Crippen molar-refractivity contribution in [3.63, 3.8) is 0 Å². The zero-order valence-electron chi connectivity index (χ0n) is 8.24. The number of halogens is 1. The maximum atomic E-state index is 5.77. The van der Waals surface area contributed by atoms with E-state index in [1.54, 1.807) is 18.5 Å². The predicted octanol–water partition coefficient (Wildman–Crippen LogP) is 2.69. The van der Waals surface area contributed by atoms with Crippen molar-refractivity contribution in [3.05, 3.63) is 41.2 Å². The van der Waals surface area contributed by atoms with Crippen LogP contribution in [0.1, 0.15) is 5.56 Å². The Bertz CT molecular complexity index is 480. The number of aryl methyl sites for hydroxylation is 1. The van der Waals surface area contributed by atoms with Gasteiger partial charge in [0, 0.05) is 18.0 Å². The van der Waals surface area contributed by atoms with Crippen LogP contribution in [0.15, 0.2) is 30.6 Å². The Kier molecular flexibility index (Phi) is 2.56. The fourth-order valence-corrected chi connectivity index (χ4v) is 1.49. The molecule has 0 amide bonds. The number of nitrogens with two attached hydrogens (primary N) is 1. The number of hydrogen-bond acceptors (Lipinski definition) is 3. The molecule has 0 saturated carbocycles. The highest BCUT2D eigenvalue weighted by Gasteiger charge is 2.03. The van der Waals surface area contributed by atoms with Crippen molar-refractivity contribution in [2.75, 3.05) is 5.73 Å². The Balaban J connectivity index is 2.49. The molecule has 15 heavy (non-hydrogen) atoms. The molecule has 2 N–H and O–H groups in total. The largest absolute Gasteiger partial charge is 0.384 e. The van der Waals surface area contributed by atoms with E-state index in [0.717, 1.165) is 16.8 Å². The molecule has 4 heteroatoms. The number of nitrogens with zero attached hydrogens (tertiary/aromatic N) is 2. The quantitative estimate of drug-likeness (QED) is 0.802. The Labute approximate surface area is 92.9 Å². The van der Waals surface area contributed by atoms with Crippen LogP contribution in [0, 0.1) is 6.92 Å². The smallest absolute Gasteiger partial charge is 0.123 e. The summed E-state index contributed by atoms with van der Waals surface area (Å²) in [6.07, 6.45) is 3.34. The highest BCUT2D eigenvalue weighted by atomic mass is 35.5. The third-order valence-electron chi connectivity index (χ3n) is 2.14. The molecule has 0 atom stereocenters. The normalized spacial score (nSPS) is 10.3. The molecule has 0 fully saturated rings. The molecule has 2 aromatic rings. The van der Waals surface area contributed by atoms with E-state index in [1.807, 2.05) is 19.1 Å². The van der Waals surface area contributed by atoms with Crippen LogP contribution in [-0.4, -0.2) is 9.97 Å². The number of aromatic nitrogens is 2. The Morgan fingerprint density at radius 3 is 2.60 bits per heavy atom. The molecular formula is C11H10ClN3. The molecule has 76 valence electrons. The van der Waals surface area contributed by atoms with Gasteiger partial charge in [0.05, 0.1) is 10.7 Å². The summed E-state index contributed by atoms with van der Waals surface area (Å²) in [6.45, 7) is 1.98. The molecule has 3 nitrogen and oxygen atoms in total. The lowest BCUT2D eigenvalue weighted by Crippen LogP contribution is -1.93. The second kappa shape index (κ2) is 3.87. The van der Waals surface area contributed by atoms with E-state index >= 15 is 0 Å². The van der Waals surface area contributed by atoms with E-state index in [0.29, 0.717) is 10.8 Å². The topological polar surface area (TPSA) is 51.8 Å². The van der Waals surface area contributed by atoms with Crippen LogP contribution in [0.25, 0.3) is 11.3 Å². The van der Waals surface area contributed by atoms with Gasteiger partial charge in [-0.1, -0.05) is 11.6 Å². The van der Waals surface area contributed by atoms with Crippen molar-refractivity contribution >= 4 is 17.4 Å². The van der Waals surface area contributed by atoms with Gasteiger partial charge in [-0.25, -0.2) is 4.98 Å². The standard InChI is InChI=1S/C11H10ClN3/c1-7-4-11(13)15-6-9(7)10-3-2-8(12)5-14-10/h2-6H,1H3,(H2,13,15). The lowest BCUT2D eigenvalue weighted by atomic mass is 10.1. The van der Waals surface area contributed by atoms with Crippen LogP contribution >= 0.6 is 11.6 Å². The van der Waals surface area contributed by atoms with E-state index in [9.17, 15) is 0 Å². The van der Waals surface area contributed by atoms with Gasteiger partial charge in [-0.2, -0.15) is 0 Å². The molecule has 2 aromatic heterocycles. The number of pyridine rings is 2. The number of nitrogen functional groups attached to an aromatic ring is 1. The minimum Gasteiger partial charge on any atom is -0.384 e. The molecule has 0 radical (unpaired) electrons. The third-order valence-corrected chi connectivity index (χ3v) is 2.36. The molecule has 2 rings (SSSR count). The molecular weight excluding hydrogens is 210 g/mol. The maximum Gasteiger partial charge on any atom is 0.123 e. The number of anilines is 1. The van der Waals surface area contributed by atoms with Crippen molar-refractivity contribution in [2.24, 2.45) is 0 Å². The van der Waals surface area contributed by atoms with Crippen molar-refractivity contribution in [3.8, 4) is 11.3 Å². The first-order chi connectivity index (χ1) is 7.16. The van der Waals surface area contributed by atoms with E-state index in [4.69, 9.17) is 17.3 Å². The first-order valence-electron chi connectivity index (χ1n) is 4.51. The minimum atomic E-state index is 0.519. The van der Waals surface area contributed by atoms with Gasteiger partial charge in [0.2, 0.25) is 0 Å². The van der Waals surface area contributed by atoms with E-state index in [-0.39, 0.29) is 0 Å². The first-order valence-corrected chi connectivity index (χ1v) is 4.88. The van der Waals surface area contributed by atoms with Crippen molar-refractivity contribution in [1.29, 1.82) is 0 Å². The molecule has 0 spiro atoms. The zero-order valence-corrected chi connectivity index (χ0v) is 8.99. The summed E-state index contributed by atoms with van der Waals surface area (Å²) in [4.78, 5) is 8.27. The molecule has 0 aliphatic heterocycles. The van der Waals surface area contributed by atoms with Gasteiger partial charge in [-0.15, -0.1) is 0 Å². The Morgan fingerprint density at radius 1 is 1.20 bits per heavy atom. The van der Waals surface area contributed by atoms with Crippen molar-refractivity contribution < 1.29 is 0 Å². The summed E-state index contributed by atoms with van der Waals surface area (Å²) in [5, 5.41) is 0.625. The Morgan fingerprint density at radius 2 is 2.00 bits per heavy atom. The van der Waals surface area contributed by atoms with Crippen LogP contribution in [0.5, 0.6) is 0 Å². The highest BCUT2D eigenvalue weighted by Crippen LogP contribution is 2.22. The second-order valence-electron chi connectivity index (χ2n) is 3.29. The Hall–Kier alpha value is -1.61. The fourth-order valence-electron chi connectivity index (χ4n) is 1.38. The van der Waals surface area contributed by atoms with E-state index in [2.05, 4.69) is 9.97 Å². The van der Waals surface area contributed by atoms with Gasteiger partial charge in [0.1, 0.15) is 5.82 Å². The van der Waals surface area contributed by atoms with E-state index < -0.39 is 0 Å². The summed E-state index contributed by atoms with van der Waals surface area (Å²) in [6, 6.07) is 5.49. The van der Waals surface area contributed by atoms with Crippen LogP contribution in [0.3, 0.4) is 0 Å². The lowest BCUT2D eigenvalue weighted by molar-refractivity contribution is 1.25. The second-order valence-corrected chi connectivity index (χ2v) is 3.72. The predicted molar refractivity (Wildman–Crippen MR) is 61.6 cm³/mol. The molecule has 0 aliphatic rings. The van der Waals surface area contributed by atoms with Gasteiger partial charge >= 0.3 is 0 Å². The van der Waals surface area contributed by atoms with Crippen LogP contribution in [0.2, 0.25) is 5.02 Å². The SMILES string of the molecule is Cc1cc(N)ncc1-c1ccc(Cl)cn1. The summed E-state index contributed by atoms with van der Waals surface area (Å²) in [5.41, 5.74) is 8.45. The molecule has 0 aliphatic carbocycles. The first kappa shape index (κ1) is 9.93. The van der Waals surface area contributed by atoms with Crippen LogP contribution < -0.4 is 5.73 Å². The maximum absolute atomic E-state index is 5.77. The van der Waals surface area contributed by atoms with E-state index in [1.165, 1.54) is 0 Å². The van der Waals surface area contributed by atoms with Crippen LogP contribution in [-0.2, 0) is 0 Å². The molecule has 0 saturated heterocycles. The monoisotopic (exact) mass is 219 g/mol. The fraction of sp³-hybridized carbons (Fsp3) is 0.0909. The van der Waals surface area contributed by atoms with Gasteiger partial charge in [0.25, 0.3) is 0 Å². The summed E-state index contributed by atoms with van der Waals surface area (Å²) < 4.78 is 0. The van der Waals surface area contributed by atoms with Gasteiger partial charge < -0.3 is 5.73 Å². The lowest BCUT2D eigenvalue weighted by Gasteiger charge is -2.05. The van der Waals surface area contributed by atoms with Gasteiger partial charge in [-0.05, 0) is 30.7 Å². The average Bonchev–Trinajstić information content (AvgIpc) is 2.20. The number of hydrogen-bond donors (Lipinski definition) is 1.